The molecule has 28 heavy (non-hydrogen) atoms. The highest BCUT2D eigenvalue weighted by molar-refractivity contribution is 8.16. The van der Waals surface area contributed by atoms with Gasteiger partial charge in [-0.15, -0.1) is 5.10 Å². The molecule has 3 aromatic carbocycles. The summed E-state index contributed by atoms with van der Waals surface area (Å²) in [6.07, 6.45) is 0. The molecule has 1 aliphatic heterocycles. The van der Waals surface area contributed by atoms with Crippen molar-refractivity contribution < 1.29 is 9.59 Å². The third-order valence-corrected chi connectivity index (χ3v) is 5.70. The molecular formula is C21H16ClN3O2S. The maximum Gasteiger partial charge on any atom is 0.271 e. The molecule has 0 radical (unpaired) electrons. The number of hydrogen-bond donors (Lipinski definition) is 1. The highest BCUT2D eigenvalue weighted by Crippen LogP contribution is 2.35. The second-order valence-electron chi connectivity index (χ2n) is 6.27. The van der Waals surface area contributed by atoms with Gasteiger partial charge in [-0.2, -0.15) is 0 Å². The molecule has 0 unspecified atom stereocenters. The van der Waals surface area contributed by atoms with E-state index in [0.717, 1.165) is 16.5 Å². The van der Waals surface area contributed by atoms with Crippen molar-refractivity contribution in [2.45, 2.75) is 12.2 Å². The van der Waals surface area contributed by atoms with E-state index in [4.69, 9.17) is 11.6 Å². The van der Waals surface area contributed by atoms with E-state index in [1.54, 1.807) is 29.2 Å². The van der Waals surface area contributed by atoms with Gasteiger partial charge in [0.25, 0.3) is 5.91 Å². The molecule has 1 aliphatic rings. The van der Waals surface area contributed by atoms with E-state index >= 15 is 0 Å². The van der Waals surface area contributed by atoms with E-state index in [-0.39, 0.29) is 17.1 Å². The first-order valence-electron chi connectivity index (χ1n) is 8.66. The molecular weight excluding hydrogens is 394 g/mol. The fraction of sp³-hybridized carbons (Fsp3) is 0.0952. The molecule has 1 fully saturated rings. The van der Waals surface area contributed by atoms with Gasteiger partial charge < -0.3 is 0 Å². The van der Waals surface area contributed by atoms with E-state index in [1.165, 1.54) is 11.8 Å². The summed E-state index contributed by atoms with van der Waals surface area (Å²) in [5, 5.41) is 6.92. The van der Waals surface area contributed by atoms with Crippen LogP contribution in [0.3, 0.4) is 0 Å². The number of halogens is 1. The van der Waals surface area contributed by atoms with Gasteiger partial charge in [0.1, 0.15) is 0 Å². The second kappa shape index (κ2) is 7.66. The van der Waals surface area contributed by atoms with Gasteiger partial charge in [-0.25, -0.2) is 5.43 Å². The minimum absolute atomic E-state index is 0.0687. The predicted octanol–water partition coefficient (Wildman–Crippen LogP) is 4.66. The van der Waals surface area contributed by atoms with Crippen LogP contribution >= 0.6 is 23.4 Å². The van der Waals surface area contributed by atoms with Gasteiger partial charge in [0.15, 0.2) is 5.17 Å². The quantitative estimate of drug-likeness (QED) is 0.640. The Kier molecular flexibility index (Phi) is 5.07. The van der Waals surface area contributed by atoms with Crippen LogP contribution in [0.5, 0.6) is 0 Å². The Bertz CT molecular complexity index is 1090. The van der Waals surface area contributed by atoms with Crippen LogP contribution in [-0.4, -0.2) is 22.2 Å². The number of hydrazone groups is 1. The Hall–Kier alpha value is -2.83. The highest BCUT2D eigenvalue weighted by Gasteiger charge is 2.37. The Morgan fingerprint density at radius 3 is 2.57 bits per heavy atom. The lowest BCUT2D eigenvalue weighted by molar-refractivity contribution is -0.116. The van der Waals surface area contributed by atoms with Crippen LogP contribution in [0.25, 0.3) is 10.8 Å². The highest BCUT2D eigenvalue weighted by atomic mass is 35.5. The molecule has 0 aliphatic carbocycles. The van der Waals surface area contributed by atoms with E-state index in [1.807, 2.05) is 49.4 Å². The number of amides is 2. The van der Waals surface area contributed by atoms with Gasteiger partial charge in [-0.1, -0.05) is 59.8 Å². The summed E-state index contributed by atoms with van der Waals surface area (Å²) in [7, 11) is 0. The van der Waals surface area contributed by atoms with E-state index in [0.29, 0.717) is 15.8 Å². The zero-order chi connectivity index (χ0) is 19.7. The number of fused-ring (bicyclic) bond motifs is 1. The van der Waals surface area contributed by atoms with Crippen molar-refractivity contribution in [2.24, 2.45) is 5.10 Å². The first-order chi connectivity index (χ1) is 13.5. The summed E-state index contributed by atoms with van der Waals surface area (Å²) < 4.78 is 0. The summed E-state index contributed by atoms with van der Waals surface area (Å²) >= 11 is 7.17. The van der Waals surface area contributed by atoms with Gasteiger partial charge >= 0.3 is 0 Å². The molecule has 1 heterocycles. The van der Waals surface area contributed by atoms with E-state index in [2.05, 4.69) is 10.5 Å². The van der Waals surface area contributed by atoms with Gasteiger partial charge in [0.2, 0.25) is 5.91 Å². The Morgan fingerprint density at radius 1 is 1.07 bits per heavy atom. The minimum atomic E-state index is -0.366. The molecule has 4 rings (SSSR count). The molecule has 5 nitrogen and oxygen atoms in total. The number of carbonyl (C=O) groups excluding carboxylic acids is 2. The normalized spacial score (nSPS) is 18.1. The molecule has 0 bridgehead atoms. The first-order valence-corrected chi connectivity index (χ1v) is 9.92. The molecule has 0 aromatic heterocycles. The average molecular weight is 410 g/mol. The number of rotatable bonds is 3. The lowest BCUT2D eigenvalue weighted by Gasteiger charge is -2.18. The van der Waals surface area contributed by atoms with Crippen LogP contribution in [0.15, 0.2) is 71.8 Å². The number of nitrogens with zero attached hydrogens (tertiary/aromatic N) is 2. The number of carbonyl (C=O) groups is 2. The summed E-state index contributed by atoms with van der Waals surface area (Å²) in [5.74, 6) is -0.435. The fourth-order valence-electron chi connectivity index (χ4n) is 3.00. The molecule has 0 saturated carbocycles. The summed E-state index contributed by atoms with van der Waals surface area (Å²) in [4.78, 5) is 26.7. The maximum absolute atomic E-state index is 12.8. The molecule has 140 valence electrons. The van der Waals surface area contributed by atoms with Crippen molar-refractivity contribution in [3.63, 3.8) is 0 Å². The van der Waals surface area contributed by atoms with Gasteiger partial charge in [0.05, 0.1) is 10.9 Å². The topological polar surface area (TPSA) is 61.8 Å². The van der Waals surface area contributed by atoms with Gasteiger partial charge in [-0.05, 0) is 42.6 Å². The average Bonchev–Trinajstić information content (AvgIpc) is 3.00. The molecule has 1 saturated heterocycles. The van der Waals surface area contributed by atoms with Crippen LogP contribution in [0.1, 0.15) is 17.3 Å². The van der Waals surface area contributed by atoms with Gasteiger partial charge in [-0.3, -0.25) is 14.5 Å². The number of nitrogens with one attached hydrogen (secondary N) is 1. The summed E-state index contributed by atoms with van der Waals surface area (Å²) in [5.41, 5.74) is 3.73. The smallest absolute Gasteiger partial charge is 0.271 e. The van der Waals surface area contributed by atoms with Crippen molar-refractivity contribution in [3.05, 3.63) is 77.3 Å². The molecule has 0 spiro atoms. The van der Waals surface area contributed by atoms with Crippen LogP contribution in [0.2, 0.25) is 5.02 Å². The third-order valence-electron chi connectivity index (χ3n) is 4.41. The number of amidine groups is 1. The molecule has 2 amide bonds. The maximum atomic E-state index is 12.8. The van der Waals surface area contributed by atoms with Crippen molar-refractivity contribution in [1.82, 2.24) is 5.43 Å². The standard InChI is InChI=1S/C21H16ClN3O2S/c1-13-20(27)25(18-8-4-6-14-5-2-3-7-17(14)18)21(28-13)24-23-19(26)15-9-11-16(22)12-10-15/h2-13H,1H3,(H,23,26)/b24-21-/t13-/m1/s1. The number of hydrogen-bond acceptors (Lipinski definition) is 4. The van der Waals surface area contributed by atoms with Crippen molar-refractivity contribution in [3.8, 4) is 0 Å². The van der Waals surface area contributed by atoms with Crippen molar-refractivity contribution in [2.75, 3.05) is 4.90 Å². The van der Waals surface area contributed by atoms with Crippen LogP contribution < -0.4 is 10.3 Å². The summed E-state index contributed by atoms with van der Waals surface area (Å²) in [6, 6.07) is 20.2. The Morgan fingerprint density at radius 2 is 1.79 bits per heavy atom. The number of benzene rings is 3. The molecule has 3 aromatic rings. The lowest BCUT2D eigenvalue weighted by atomic mass is 10.1. The second-order valence-corrected chi connectivity index (χ2v) is 8.02. The minimum Gasteiger partial charge on any atom is -0.273 e. The van der Waals surface area contributed by atoms with Gasteiger partial charge in [0, 0.05) is 16.0 Å². The molecule has 1 atom stereocenters. The van der Waals surface area contributed by atoms with Crippen LogP contribution in [0.4, 0.5) is 5.69 Å². The number of thioether (sulfide) groups is 1. The molecule has 1 N–H and O–H groups in total. The number of anilines is 1. The molecule has 7 heteroatoms. The lowest BCUT2D eigenvalue weighted by Crippen LogP contribution is -2.33. The van der Waals surface area contributed by atoms with Crippen LogP contribution in [0, 0.1) is 0 Å². The monoisotopic (exact) mass is 409 g/mol. The van der Waals surface area contributed by atoms with Crippen molar-refractivity contribution >= 4 is 56.8 Å². The Labute approximate surface area is 171 Å². The SMILES string of the molecule is C[C@H]1S/C(=N\NC(=O)c2ccc(Cl)cc2)N(c2cccc3ccccc23)C1=O. The largest absolute Gasteiger partial charge is 0.273 e. The van der Waals surface area contributed by atoms with E-state index in [9.17, 15) is 9.59 Å². The Balaban J connectivity index is 1.67. The summed E-state index contributed by atoms with van der Waals surface area (Å²) in [6.45, 7) is 1.83. The fourth-order valence-corrected chi connectivity index (χ4v) is 4.04. The van der Waals surface area contributed by atoms with Crippen LogP contribution in [-0.2, 0) is 4.79 Å². The zero-order valence-corrected chi connectivity index (χ0v) is 16.5. The van der Waals surface area contributed by atoms with Crippen molar-refractivity contribution in [1.29, 1.82) is 0 Å². The first kappa shape index (κ1) is 18.5. The zero-order valence-electron chi connectivity index (χ0n) is 14.9. The third kappa shape index (κ3) is 3.48. The predicted molar refractivity (Wildman–Crippen MR) is 115 cm³/mol. The van der Waals surface area contributed by atoms with E-state index < -0.39 is 0 Å².